The van der Waals surface area contributed by atoms with E-state index in [9.17, 15) is 0 Å². The summed E-state index contributed by atoms with van der Waals surface area (Å²) in [5, 5.41) is 0. The molecule has 2 fully saturated rings. The Labute approximate surface area is 95.7 Å². The molecule has 4 atom stereocenters. The minimum absolute atomic E-state index is 0.517. The fourth-order valence-electron chi connectivity index (χ4n) is 2.87. The van der Waals surface area contributed by atoms with Gasteiger partial charge in [0, 0.05) is 4.83 Å². The molecule has 4 unspecified atom stereocenters. The zero-order chi connectivity index (χ0) is 9.97. The highest BCUT2D eigenvalue weighted by Gasteiger charge is 2.27. The molecule has 1 aliphatic carbocycles. The number of ether oxygens (including phenoxy) is 1. The molecular weight excluding hydrogens is 240 g/mol. The summed E-state index contributed by atoms with van der Waals surface area (Å²) in [5.74, 6) is 0.920. The third kappa shape index (κ3) is 2.96. The number of hydrogen-bond donors (Lipinski definition) is 0. The number of alkyl halides is 1. The van der Waals surface area contributed by atoms with Gasteiger partial charge in [0.15, 0.2) is 0 Å². The Hall–Kier alpha value is 0.440. The fraction of sp³-hybridized carbons (Fsp3) is 1.00. The molecule has 0 aromatic rings. The molecule has 1 aliphatic heterocycles. The molecule has 0 radical (unpaired) electrons. The molecule has 0 amide bonds. The highest BCUT2D eigenvalue weighted by atomic mass is 79.9. The summed E-state index contributed by atoms with van der Waals surface area (Å²) in [7, 11) is 0. The Bertz CT molecular complexity index is 183. The van der Waals surface area contributed by atoms with E-state index in [4.69, 9.17) is 4.74 Å². The summed E-state index contributed by atoms with van der Waals surface area (Å²) < 4.78 is 5.88. The Kier molecular flexibility index (Phi) is 3.89. The molecule has 2 aliphatic rings. The van der Waals surface area contributed by atoms with Gasteiger partial charge in [0.25, 0.3) is 0 Å². The van der Waals surface area contributed by atoms with E-state index in [2.05, 4.69) is 22.9 Å². The molecule has 0 bridgehead atoms. The van der Waals surface area contributed by atoms with Crippen molar-refractivity contribution in [2.45, 2.75) is 68.9 Å². The van der Waals surface area contributed by atoms with Gasteiger partial charge in [-0.2, -0.15) is 0 Å². The van der Waals surface area contributed by atoms with E-state index < -0.39 is 0 Å². The molecule has 2 rings (SSSR count). The summed E-state index contributed by atoms with van der Waals surface area (Å²) in [6, 6.07) is 0. The molecule has 1 nitrogen and oxygen atoms in total. The van der Waals surface area contributed by atoms with Crippen molar-refractivity contribution >= 4 is 15.9 Å². The van der Waals surface area contributed by atoms with Crippen molar-refractivity contribution in [2.75, 3.05) is 0 Å². The minimum atomic E-state index is 0.517. The summed E-state index contributed by atoms with van der Waals surface area (Å²) in [5.41, 5.74) is 0. The SMILES string of the molecule is CC1CCC(CC2CCCC(Br)C2)O1. The molecule has 0 aromatic carbocycles. The Morgan fingerprint density at radius 2 is 2.07 bits per heavy atom. The predicted molar refractivity (Wildman–Crippen MR) is 62.9 cm³/mol. The van der Waals surface area contributed by atoms with Crippen molar-refractivity contribution in [1.29, 1.82) is 0 Å². The first kappa shape index (κ1) is 10.9. The molecule has 2 heteroatoms. The molecule has 0 aromatic heterocycles. The Morgan fingerprint density at radius 3 is 2.71 bits per heavy atom. The first-order valence-electron chi connectivity index (χ1n) is 6.03. The average Bonchev–Trinajstić information content (AvgIpc) is 2.51. The molecule has 0 spiro atoms. The van der Waals surface area contributed by atoms with E-state index >= 15 is 0 Å². The third-order valence-corrected chi connectivity index (χ3v) is 4.47. The van der Waals surface area contributed by atoms with Crippen LogP contribution >= 0.6 is 15.9 Å². The van der Waals surface area contributed by atoms with Crippen LogP contribution in [0.3, 0.4) is 0 Å². The van der Waals surface area contributed by atoms with E-state index in [1.54, 1.807) is 0 Å². The first-order valence-corrected chi connectivity index (χ1v) is 6.95. The van der Waals surface area contributed by atoms with Crippen LogP contribution in [0.2, 0.25) is 0 Å². The van der Waals surface area contributed by atoms with Crippen molar-refractivity contribution in [2.24, 2.45) is 5.92 Å². The molecule has 82 valence electrons. The molecule has 14 heavy (non-hydrogen) atoms. The van der Waals surface area contributed by atoms with Crippen molar-refractivity contribution in [3.8, 4) is 0 Å². The van der Waals surface area contributed by atoms with E-state index in [1.807, 2.05) is 0 Å². The van der Waals surface area contributed by atoms with Crippen LogP contribution < -0.4 is 0 Å². The summed E-state index contributed by atoms with van der Waals surface area (Å²) in [6.45, 7) is 2.20. The molecular formula is C12H21BrO. The number of rotatable bonds is 2. The highest BCUT2D eigenvalue weighted by molar-refractivity contribution is 9.09. The van der Waals surface area contributed by atoms with E-state index in [-0.39, 0.29) is 0 Å². The second-order valence-electron chi connectivity index (χ2n) is 5.01. The van der Waals surface area contributed by atoms with Gasteiger partial charge in [0.1, 0.15) is 0 Å². The normalized spacial score (nSPS) is 44.1. The lowest BCUT2D eigenvalue weighted by Crippen LogP contribution is -2.20. The van der Waals surface area contributed by atoms with E-state index in [0.29, 0.717) is 12.2 Å². The summed E-state index contributed by atoms with van der Waals surface area (Å²) in [6.07, 6.45) is 10.6. The molecule has 1 heterocycles. The van der Waals surface area contributed by atoms with Crippen LogP contribution in [0.4, 0.5) is 0 Å². The van der Waals surface area contributed by atoms with Crippen LogP contribution in [-0.2, 0) is 4.74 Å². The van der Waals surface area contributed by atoms with Gasteiger partial charge < -0.3 is 4.74 Å². The van der Waals surface area contributed by atoms with Crippen LogP contribution in [0.1, 0.15) is 51.9 Å². The zero-order valence-corrected chi connectivity index (χ0v) is 10.6. The van der Waals surface area contributed by atoms with Crippen LogP contribution in [0.25, 0.3) is 0 Å². The highest BCUT2D eigenvalue weighted by Crippen LogP contribution is 2.34. The van der Waals surface area contributed by atoms with Gasteiger partial charge in [-0.3, -0.25) is 0 Å². The first-order chi connectivity index (χ1) is 6.74. The molecule has 1 saturated carbocycles. The lowest BCUT2D eigenvalue weighted by molar-refractivity contribution is 0.0374. The van der Waals surface area contributed by atoms with E-state index in [1.165, 1.54) is 44.9 Å². The van der Waals surface area contributed by atoms with Gasteiger partial charge in [-0.25, -0.2) is 0 Å². The maximum atomic E-state index is 5.88. The van der Waals surface area contributed by atoms with Crippen molar-refractivity contribution in [3.63, 3.8) is 0 Å². The van der Waals surface area contributed by atoms with Gasteiger partial charge in [0.2, 0.25) is 0 Å². The zero-order valence-electron chi connectivity index (χ0n) is 9.05. The van der Waals surface area contributed by atoms with Gasteiger partial charge in [0.05, 0.1) is 12.2 Å². The number of hydrogen-bond acceptors (Lipinski definition) is 1. The Morgan fingerprint density at radius 1 is 1.21 bits per heavy atom. The maximum absolute atomic E-state index is 5.88. The van der Waals surface area contributed by atoms with Crippen LogP contribution in [0, 0.1) is 5.92 Å². The number of halogens is 1. The monoisotopic (exact) mass is 260 g/mol. The largest absolute Gasteiger partial charge is 0.375 e. The molecule has 0 N–H and O–H groups in total. The van der Waals surface area contributed by atoms with E-state index in [0.717, 1.165) is 10.7 Å². The topological polar surface area (TPSA) is 9.23 Å². The van der Waals surface area contributed by atoms with Gasteiger partial charge >= 0.3 is 0 Å². The second-order valence-corrected chi connectivity index (χ2v) is 6.31. The molecule has 1 saturated heterocycles. The lowest BCUT2D eigenvalue weighted by Gasteiger charge is -2.27. The smallest absolute Gasteiger partial charge is 0.0582 e. The van der Waals surface area contributed by atoms with Crippen molar-refractivity contribution in [3.05, 3.63) is 0 Å². The maximum Gasteiger partial charge on any atom is 0.0582 e. The predicted octanol–water partition coefficient (Wildman–Crippen LogP) is 3.90. The summed E-state index contributed by atoms with van der Waals surface area (Å²) >= 11 is 3.75. The Balaban J connectivity index is 1.74. The average molecular weight is 261 g/mol. The van der Waals surface area contributed by atoms with Crippen molar-refractivity contribution < 1.29 is 4.74 Å². The quantitative estimate of drug-likeness (QED) is 0.685. The fourth-order valence-corrected chi connectivity index (χ4v) is 3.72. The second kappa shape index (κ2) is 4.98. The van der Waals surface area contributed by atoms with Crippen LogP contribution in [-0.4, -0.2) is 17.0 Å². The van der Waals surface area contributed by atoms with Crippen LogP contribution in [0.5, 0.6) is 0 Å². The van der Waals surface area contributed by atoms with Crippen molar-refractivity contribution in [1.82, 2.24) is 0 Å². The van der Waals surface area contributed by atoms with Gasteiger partial charge in [-0.05, 0) is 44.9 Å². The standard InChI is InChI=1S/C12H21BrO/c1-9-5-6-12(14-9)8-10-3-2-4-11(13)7-10/h9-12H,2-8H2,1H3. The third-order valence-electron chi connectivity index (χ3n) is 3.63. The minimum Gasteiger partial charge on any atom is -0.375 e. The summed E-state index contributed by atoms with van der Waals surface area (Å²) in [4.78, 5) is 0.778. The van der Waals surface area contributed by atoms with Gasteiger partial charge in [-0.1, -0.05) is 28.8 Å². The van der Waals surface area contributed by atoms with Gasteiger partial charge in [-0.15, -0.1) is 0 Å². The lowest BCUT2D eigenvalue weighted by atomic mass is 9.85. The van der Waals surface area contributed by atoms with Crippen LogP contribution in [0.15, 0.2) is 0 Å².